The highest BCUT2D eigenvalue weighted by molar-refractivity contribution is 5.94. The molecule has 2 saturated heterocycles. The molecule has 3 saturated carbocycles. The van der Waals surface area contributed by atoms with Crippen LogP contribution in [0.4, 0.5) is 4.79 Å². The number of carbonyl (C=O) groups excluding carboxylic acids is 3. The molecule has 2 heterocycles. The largest absolute Gasteiger partial charge is 0.445 e. The first kappa shape index (κ1) is 27.8. The lowest BCUT2D eigenvalue weighted by Crippen LogP contribution is -2.64. The molecule has 0 aromatic heterocycles. The van der Waals surface area contributed by atoms with Gasteiger partial charge in [0.2, 0.25) is 5.91 Å². The molecule has 5 fully saturated rings. The van der Waals surface area contributed by atoms with E-state index in [4.69, 9.17) is 9.47 Å². The van der Waals surface area contributed by atoms with Crippen LogP contribution in [0.2, 0.25) is 0 Å². The van der Waals surface area contributed by atoms with Gasteiger partial charge in [-0.05, 0) is 68.2 Å². The Morgan fingerprint density at radius 2 is 1.87 bits per heavy atom. The van der Waals surface area contributed by atoms with Crippen LogP contribution in [0.1, 0.15) is 73.1 Å². The molecule has 212 valence electrons. The van der Waals surface area contributed by atoms with Crippen LogP contribution in [0, 0.1) is 51.8 Å². The Labute approximate surface area is 228 Å². The number of methoxy groups -OCH3 is 1. The third kappa shape index (κ3) is 3.93. The van der Waals surface area contributed by atoms with E-state index >= 15 is 0 Å². The van der Waals surface area contributed by atoms with Crippen molar-refractivity contribution in [1.29, 1.82) is 0 Å². The number of ether oxygens (including phenoxy) is 2. The fourth-order valence-electron chi connectivity index (χ4n) is 9.71. The van der Waals surface area contributed by atoms with E-state index in [1.807, 2.05) is 19.9 Å². The second-order valence-electron chi connectivity index (χ2n) is 13.9. The van der Waals surface area contributed by atoms with Crippen LogP contribution in [0.15, 0.2) is 12.7 Å². The number of alkyl carbamates (subject to hydrolysis) is 1. The van der Waals surface area contributed by atoms with Crippen molar-refractivity contribution in [1.82, 2.24) is 10.2 Å². The number of fused-ring (bicyclic) bond motifs is 2. The molecule has 4 bridgehead atoms. The van der Waals surface area contributed by atoms with Gasteiger partial charge in [0, 0.05) is 42.9 Å². The number of nitrogens with zero attached hydrogens (tertiary/aromatic N) is 1. The van der Waals surface area contributed by atoms with Crippen LogP contribution in [-0.4, -0.2) is 61.6 Å². The molecule has 0 spiro atoms. The summed E-state index contributed by atoms with van der Waals surface area (Å²) in [6, 6.07) is 0. The van der Waals surface area contributed by atoms with Crippen molar-refractivity contribution in [2.45, 2.75) is 85.4 Å². The zero-order valence-corrected chi connectivity index (χ0v) is 24.3. The summed E-state index contributed by atoms with van der Waals surface area (Å²) in [7, 11) is 1.77. The van der Waals surface area contributed by atoms with Gasteiger partial charge in [0.25, 0.3) is 0 Å². The number of Topliss-reactive ketones (excluding diaryl/α,β-unsaturated/α-hetero) is 1. The Morgan fingerprint density at radius 3 is 2.47 bits per heavy atom. The highest BCUT2D eigenvalue weighted by Gasteiger charge is 2.69. The number of carbonyl (C=O) groups is 3. The summed E-state index contributed by atoms with van der Waals surface area (Å²) in [5.74, 6) is 0.338. The molecule has 7 nitrogen and oxygen atoms in total. The lowest BCUT2D eigenvalue weighted by atomic mass is 9.43. The molecule has 2 amide bonds. The van der Waals surface area contributed by atoms with E-state index in [1.54, 1.807) is 7.11 Å². The monoisotopic (exact) mass is 528 g/mol. The van der Waals surface area contributed by atoms with Gasteiger partial charge < -0.3 is 14.4 Å². The van der Waals surface area contributed by atoms with Crippen LogP contribution in [-0.2, 0) is 19.1 Å². The van der Waals surface area contributed by atoms with Gasteiger partial charge in [-0.3, -0.25) is 14.9 Å². The number of rotatable bonds is 5. The zero-order valence-electron chi connectivity index (χ0n) is 24.3. The Hall–Kier alpha value is -1.73. The molecule has 1 N–H and O–H groups in total. The van der Waals surface area contributed by atoms with Gasteiger partial charge in [-0.15, -0.1) is 6.58 Å². The number of nitrogens with one attached hydrogen (secondary N) is 1. The summed E-state index contributed by atoms with van der Waals surface area (Å²) >= 11 is 0. The highest BCUT2D eigenvalue weighted by atomic mass is 16.6. The van der Waals surface area contributed by atoms with Crippen molar-refractivity contribution in [3.8, 4) is 0 Å². The van der Waals surface area contributed by atoms with Crippen molar-refractivity contribution < 1.29 is 23.9 Å². The predicted octanol–water partition coefficient (Wildman–Crippen LogP) is 4.84. The van der Waals surface area contributed by atoms with Crippen molar-refractivity contribution >= 4 is 17.8 Å². The SMILES string of the molecule is C=CC(C)[C@]1(C)C[C@@H](OC(=O)NC(=O)[C@H]2CN3CC[C@H]2C3)[C@@]2(C)C3[C@H](OC)CCC3(CC[C@H]2C)[C@@H](C)C1=O. The fourth-order valence-corrected chi connectivity index (χ4v) is 9.71. The van der Waals surface area contributed by atoms with Crippen LogP contribution in [0.5, 0.6) is 0 Å². The Kier molecular flexibility index (Phi) is 7.12. The molecule has 7 heteroatoms. The van der Waals surface area contributed by atoms with E-state index in [-0.39, 0.29) is 52.8 Å². The minimum absolute atomic E-state index is 0.0121. The van der Waals surface area contributed by atoms with E-state index in [1.165, 1.54) is 0 Å². The molecule has 5 rings (SSSR count). The maximum absolute atomic E-state index is 14.4. The van der Waals surface area contributed by atoms with Gasteiger partial charge in [-0.25, -0.2) is 4.79 Å². The number of imide groups is 1. The minimum Gasteiger partial charge on any atom is -0.445 e. The predicted molar refractivity (Wildman–Crippen MR) is 145 cm³/mol. The normalized spacial score (nSPS) is 48.5. The lowest BCUT2D eigenvalue weighted by Gasteiger charge is -2.62. The number of hydrogen-bond acceptors (Lipinski definition) is 6. The molecule has 0 radical (unpaired) electrons. The summed E-state index contributed by atoms with van der Waals surface area (Å²) in [6.07, 6.45) is 5.90. The average molecular weight is 529 g/mol. The van der Waals surface area contributed by atoms with Crippen LogP contribution in [0.3, 0.4) is 0 Å². The molecular weight excluding hydrogens is 480 g/mol. The van der Waals surface area contributed by atoms with Gasteiger partial charge >= 0.3 is 6.09 Å². The second-order valence-corrected chi connectivity index (χ2v) is 13.9. The first-order valence-electron chi connectivity index (χ1n) is 14.9. The van der Waals surface area contributed by atoms with Gasteiger partial charge in [-0.1, -0.05) is 40.7 Å². The van der Waals surface area contributed by atoms with E-state index in [9.17, 15) is 14.4 Å². The summed E-state index contributed by atoms with van der Waals surface area (Å²) < 4.78 is 12.4. The van der Waals surface area contributed by atoms with Crippen LogP contribution < -0.4 is 5.32 Å². The Morgan fingerprint density at radius 1 is 1.16 bits per heavy atom. The maximum atomic E-state index is 14.4. The highest BCUT2D eigenvalue weighted by Crippen LogP contribution is 2.69. The molecule has 5 aliphatic rings. The summed E-state index contributed by atoms with van der Waals surface area (Å²) in [6.45, 7) is 17.5. The van der Waals surface area contributed by atoms with Crippen molar-refractivity contribution in [3.05, 3.63) is 12.7 Å². The standard InChI is InChI=1S/C31H48N2O5/c1-8-18(2)29(5)15-24(38-28(36)32-27(35)22-17-33-14-11-21(22)16-33)30(6)19(3)9-12-31(20(4)26(29)34)13-10-23(37-7)25(30)31/h8,18-25H,1,9-17H2,2-7H3,(H,32,35,36)/t18?,19-,20+,21+,22+,23-,24-,25?,29+,30+,31?/m1/s1. The summed E-state index contributed by atoms with van der Waals surface area (Å²) in [4.78, 5) is 43.2. The Balaban J connectivity index is 1.51. The van der Waals surface area contributed by atoms with Crippen LogP contribution in [0.25, 0.3) is 0 Å². The molecule has 3 aliphatic carbocycles. The minimum atomic E-state index is -0.727. The van der Waals surface area contributed by atoms with Crippen molar-refractivity contribution in [3.63, 3.8) is 0 Å². The number of piperidine rings is 1. The summed E-state index contributed by atoms with van der Waals surface area (Å²) in [5.41, 5.74) is -1.31. The maximum Gasteiger partial charge on any atom is 0.414 e. The Bertz CT molecular complexity index is 999. The van der Waals surface area contributed by atoms with E-state index in [0.29, 0.717) is 18.9 Å². The first-order valence-corrected chi connectivity index (χ1v) is 14.9. The van der Waals surface area contributed by atoms with Crippen LogP contribution >= 0.6 is 0 Å². The van der Waals surface area contributed by atoms with Crippen molar-refractivity contribution in [2.24, 2.45) is 51.8 Å². The van der Waals surface area contributed by atoms with Gasteiger partial charge in [0.1, 0.15) is 11.9 Å². The molecule has 0 aromatic carbocycles. The zero-order chi connectivity index (χ0) is 27.6. The van der Waals surface area contributed by atoms with Crippen molar-refractivity contribution in [2.75, 3.05) is 26.7 Å². The molecule has 38 heavy (non-hydrogen) atoms. The van der Waals surface area contributed by atoms with E-state index < -0.39 is 23.0 Å². The molecule has 12 atom stereocenters. The van der Waals surface area contributed by atoms with E-state index in [2.05, 4.69) is 37.6 Å². The fraction of sp³-hybridized carbons (Fsp3) is 0.839. The first-order chi connectivity index (χ1) is 17.9. The second kappa shape index (κ2) is 9.72. The van der Waals surface area contributed by atoms with Gasteiger partial charge in [0.05, 0.1) is 12.0 Å². The molecule has 0 aromatic rings. The number of hydrogen-bond donors (Lipinski definition) is 1. The molecular formula is C31H48N2O5. The average Bonchev–Trinajstić information content (AvgIpc) is 3.63. The van der Waals surface area contributed by atoms with Gasteiger partial charge in [-0.2, -0.15) is 0 Å². The lowest BCUT2D eigenvalue weighted by molar-refractivity contribution is -0.194. The smallest absolute Gasteiger partial charge is 0.414 e. The topological polar surface area (TPSA) is 84.9 Å². The number of amides is 2. The number of allylic oxidation sites excluding steroid dienone is 1. The van der Waals surface area contributed by atoms with Gasteiger partial charge in [0.15, 0.2) is 0 Å². The molecule has 2 aliphatic heterocycles. The third-order valence-corrected chi connectivity index (χ3v) is 12.6. The summed E-state index contributed by atoms with van der Waals surface area (Å²) in [5, 5.41) is 2.61. The number of ketones is 1. The quantitative estimate of drug-likeness (QED) is 0.514. The molecule has 4 unspecified atom stereocenters. The third-order valence-electron chi connectivity index (χ3n) is 12.6. The van der Waals surface area contributed by atoms with E-state index in [0.717, 1.165) is 45.2 Å².